The standard InChI is InChI=1S/C15H16FN3O/c16-9-1-4-13-12(7-9)11-5-6-19(8-14(11)18-13)15(20)17-10-2-3-10/h1,4,7,10,18H,2-3,5-6,8H2,(H,17,20). The van der Waals surface area contributed by atoms with Crippen LogP contribution in [0.2, 0.25) is 0 Å². The number of nitrogens with zero attached hydrogens (tertiary/aromatic N) is 1. The molecule has 2 amide bonds. The molecule has 4 nitrogen and oxygen atoms in total. The second-order valence-electron chi connectivity index (χ2n) is 5.67. The number of rotatable bonds is 1. The summed E-state index contributed by atoms with van der Waals surface area (Å²) in [4.78, 5) is 17.2. The molecule has 1 aliphatic carbocycles. The first kappa shape index (κ1) is 11.8. The minimum absolute atomic E-state index is 0.0167. The average molecular weight is 273 g/mol. The van der Waals surface area contributed by atoms with Gasteiger partial charge in [0.2, 0.25) is 0 Å². The van der Waals surface area contributed by atoms with Crippen LogP contribution in [-0.4, -0.2) is 28.5 Å². The van der Waals surface area contributed by atoms with Gasteiger partial charge < -0.3 is 15.2 Å². The predicted molar refractivity (Wildman–Crippen MR) is 73.9 cm³/mol. The van der Waals surface area contributed by atoms with Crippen LogP contribution in [0.1, 0.15) is 24.1 Å². The van der Waals surface area contributed by atoms with Crippen molar-refractivity contribution in [1.82, 2.24) is 15.2 Å². The van der Waals surface area contributed by atoms with Gasteiger partial charge >= 0.3 is 6.03 Å². The van der Waals surface area contributed by atoms with Gasteiger partial charge in [0, 0.05) is 29.2 Å². The van der Waals surface area contributed by atoms with Crippen molar-refractivity contribution in [3.8, 4) is 0 Å². The number of nitrogens with one attached hydrogen (secondary N) is 2. The number of aromatic nitrogens is 1. The highest BCUT2D eigenvalue weighted by molar-refractivity contribution is 5.85. The van der Waals surface area contributed by atoms with E-state index in [-0.39, 0.29) is 11.8 Å². The fraction of sp³-hybridized carbons (Fsp3) is 0.400. The number of urea groups is 1. The van der Waals surface area contributed by atoms with Gasteiger partial charge in [-0.25, -0.2) is 9.18 Å². The highest BCUT2D eigenvalue weighted by atomic mass is 19.1. The van der Waals surface area contributed by atoms with Crippen molar-refractivity contribution in [2.45, 2.75) is 31.8 Å². The minimum atomic E-state index is -0.215. The molecule has 0 bridgehead atoms. The van der Waals surface area contributed by atoms with E-state index in [0.717, 1.165) is 41.4 Å². The van der Waals surface area contributed by atoms with Gasteiger partial charge in [-0.15, -0.1) is 0 Å². The lowest BCUT2D eigenvalue weighted by molar-refractivity contribution is 0.191. The quantitative estimate of drug-likeness (QED) is 0.824. The number of amides is 2. The Morgan fingerprint density at radius 3 is 3.05 bits per heavy atom. The Morgan fingerprint density at radius 1 is 1.40 bits per heavy atom. The first-order valence-corrected chi connectivity index (χ1v) is 7.05. The van der Waals surface area contributed by atoms with E-state index in [4.69, 9.17) is 0 Å². The summed E-state index contributed by atoms with van der Waals surface area (Å²) in [5.41, 5.74) is 3.12. The van der Waals surface area contributed by atoms with Crippen LogP contribution in [0.5, 0.6) is 0 Å². The van der Waals surface area contributed by atoms with Crippen LogP contribution in [0.3, 0.4) is 0 Å². The van der Waals surface area contributed by atoms with Gasteiger partial charge in [-0.1, -0.05) is 0 Å². The van der Waals surface area contributed by atoms with Crippen LogP contribution in [0, 0.1) is 5.82 Å². The van der Waals surface area contributed by atoms with E-state index in [9.17, 15) is 9.18 Å². The van der Waals surface area contributed by atoms with Crippen LogP contribution >= 0.6 is 0 Å². The monoisotopic (exact) mass is 273 g/mol. The van der Waals surface area contributed by atoms with Crippen molar-refractivity contribution >= 4 is 16.9 Å². The molecule has 2 heterocycles. The first-order valence-electron chi connectivity index (χ1n) is 7.05. The highest BCUT2D eigenvalue weighted by Gasteiger charge is 2.28. The molecule has 0 atom stereocenters. The number of hydrogen-bond acceptors (Lipinski definition) is 1. The summed E-state index contributed by atoms with van der Waals surface area (Å²) in [5.74, 6) is -0.215. The fourth-order valence-corrected chi connectivity index (χ4v) is 2.88. The summed E-state index contributed by atoms with van der Waals surface area (Å²) in [5, 5.41) is 3.96. The zero-order chi connectivity index (χ0) is 13.7. The zero-order valence-corrected chi connectivity index (χ0v) is 11.1. The molecule has 1 saturated carbocycles. The van der Waals surface area contributed by atoms with Crippen molar-refractivity contribution in [3.63, 3.8) is 0 Å². The van der Waals surface area contributed by atoms with Crippen molar-refractivity contribution in [2.24, 2.45) is 0 Å². The number of hydrogen-bond donors (Lipinski definition) is 2. The molecule has 2 aliphatic rings. The van der Waals surface area contributed by atoms with E-state index >= 15 is 0 Å². The molecule has 20 heavy (non-hydrogen) atoms. The lowest BCUT2D eigenvalue weighted by Crippen LogP contribution is -2.43. The second-order valence-corrected chi connectivity index (χ2v) is 5.67. The van der Waals surface area contributed by atoms with Crippen molar-refractivity contribution < 1.29 is 9.18 Å². The second kappa shape index (κ2) is 4.23. The zero-order valence-electron chi connectivity index (χ0n) is 11.1. The van der Waals surface area contributed by atoms with Crippen LogP contribution in [0.15, 0.2) is 18.2 Å². The molecule has 104 valence electrons. The van der Waals surface area contributed by atoms with Crippen molar-refractivity contribution in [2.75, 3.05) is 6.54 Å². The Morgan fingerprint density at radius 2 is 2.25 bits per heavy atom. The average Bonchev–Trinajstić information content (AvgIpc) is 3.18. The molecule has 2 aromatic rings. The van der Waals surface area contributed by atoms with Gasteiger partial charge in [0.15, 0.2) is 0 Å². The van der Waals surface area contributed by atoms with E-state index in [1.165, 1.54) is 6.07 Å². The summed E-state index contributed by atoms with van der Waals surface area (Å²) in [6, 6.07) is 5.19. The minimum Gasteiger partial charge on any atom is -0.357 e. The molecule has 1 aliphatic heterocycles. The summed E-state index contributed by atoms with van der Waals surface area (Å²) in [7, 11) is 0. The van der Waals surface area contributed by atoms with Crippen molar-refractivity contribution in [3.05, 3.63) is 35.3 Å². The topological polar surface area (TPSA) is 48.1 Å². The maximum atomic E-state index is 13.4. The largest absolute Gasteiger partial charge is 0.357 e. The number of fused-ring (bicyclic) bond motifs is 3. The van der Waals surface area contributed by atoms with E-state index in [1.807, 2.05) is 4.90 Å². The Kier molecular flexibility index (Phi) is 2.49. The smallest absolute Gasteiger partial charge is 0.317 e. The number of H-pyrrole nitrogens is 1. The van der Waals surface area contributed by atoms with Crippen molar-refractivity contribution in [1.29, 1.82) is 0 Å². The number of carbonyl (C=O) groups excluding carboxylic acids is 1. The molecule has 1 fully saturated rings. The molecule has 4 rings (SSSR count). The van der Waals surface area contributed by atoms with Gasteiger partial charge in [-0.3, -0.25) is 0 Å². The molecular weight excluding hydrogens is 257 g/mol. The van der Waals surface area contributed by atoms with E-state index in [0.29, 0.717) is 19.1 Å². The lowest BCUT2D eigenvalue weighted by atomic mass is 10.0. The Labute approximate surface area is 116 Å². The third-order valence-corrected chi connectivity index (χ3v) is 4.13. The Bertz CT molecular complexity index is 690. The number of halogens is 1. The molecule has 0 unspecified atom stereocenters. The van der Waals surface area contributed by atoms with Crippen LogP contribution < -0.4 is 5.32 Å². The van der Waals surface area contributed by atoms with Gasteiger partial charge in [0.05, 0.1) is 6.54 Å². The molecule has 0 spiro atoms. The Hall–Kier alpha value is -2.04. The van der Waals surface area contributed by atoms with Crippen LogP contribution in [0.25, 0.3) is 10.9 Å². The summed E-state index contributed by atoms with van der Waals surface area (Å²) in [6.45, 7) is 1.26. The summed E-state index contributed by atoms with van der Waals surface area (Å²) < 4.78 is 13.4. The van der Waals surface area contributed by atoms with E-state index in [1.54, 1.807) is 12.1 Å². The molecule has 2 N–H and O–H groups in total. The highest BCUT2D eigenvalue weighted by Crippen LogP contribution is 2.28. The normalized spacial score (nSPS) is 18.1. The molecule has 1 aromatic carbocycles. The van der Waals surface area contributed by atoms with E-state index in [2.05, 4.69) is 10.3 Å². The summed E-state index contributed by atoms with van der Waals surface area (Å²) in [6.07, 6.45) is 2.96. The van der Waals surface area contributed by atoms with E-state index < -0.39 is 0 Å². The molecule has 1 aromatic heterocycles. The van der Waals surface area contributed by atoms with Gasteiger partial charge in [0.25, 0.3) is 0 Å². The Balaban J connectivity index is 1.62. The van der Waals surface area contributed by atoms with Gasteiger partial charge in [-0.2, -0.15) is 0 Å². The molecule has 5 heteroatoms. The predicted octanol–water partition coefficient (Wildman–Crippen LogP) is 2.54. The van der Waals surface area contributed by atoms with Crippen LogP contribution in [0.4, 0.5) is 9.18 Å². The third kappa shape index (κ3) is 1.94. The maximum Gasteiger partial charge on any atom is 0.317 e. The number of aromatic amines is 1. The number of carbonyl (C=O) groups is 1. The number of benzene rings is 1. The third-order valence-electron chi connectivity index (χ3n) is 4.13. The van der Waals surface area contributed by atoms with Gasteiger partial charge in [0.1, 0.15) is 5.82 Å². The molecule has 0 radical (unpaired) electrons. The lowest BCUT2D eigenvalue weighted by Gasteiger charge is -2.27. The maximum absolute atomic E-state index is 13.4. The molecular formula is C15H16FN3O. The van der Waals surface area contributed by atoms with Crippen LogP contribution in [-0.2, 0) is 13.0 Å². The van der Waals surface area contributed by atoms with Gasteiger partial charge in [-0.05, 0) is 43.0 Å². The fourth-order valence-electron chi connectivity index (χ4n) is 2.88. The molecule has 0 saturated heterocycles. The first-order chi connectivity index (χ1) is 9.70. The SMILES string of the molecule is O=C(NC1CC1)N1CCc2c([nH]c3ccc(F)cc23)C1. The summed E-state index contributed by atoms with van der Waals surface area (Å²) >= 11 is 0.